The number of ether oxygens (including phenoxy) is 4. The number of nitriles is 1. The zero-order valence-electron chi connectivity index (χ0n) is 19.1. The summed E-state index contributed by atoms with van der Waals surface area (Å²) in [5, 5.41) is 12.4. The highest BCUT2D eigenvalue weighted by Crippen LogP contribution is 2.59. The van der Waals surface area contributed by atoms with Gasteiger partial charge in [-0.1, -0.05) is 0 Å². The van der Waals surface area contributed by atoms with Gasteiger partial charge in [-0.15, -0.1) is 0 Å². The maximum atomic E-state index is 13.1. The van der Waals surface area contributed by atoms with Gasteiger partial charge in [0.05, 0.1) is 44.6 Å². The number of nitrogens with two attached hydrogens (primary N) is 1. The molecule has 2 aliphatic heterocycles. The lowest BCUT2D eigenvalue weighted by Gasteiger charge is -2.46. The molecule has 0 aromatic rings. The van der Waals surface area contributed by atoms with Crippen LogP contribution in [0.3, 0.4) is 0 Å². The third-order valence-corrected chi connectivity index (χ3v) is 5.28. The predicted octanol–water partition coefficient (Wildman–Crippen LogP) is -0.0437. The summed E-state index contributed by atoms with van der Waals surface area (Å²) in [6, 6.07) is 1.95. The van der Waals surface area contributed by atoms with Crippen molar-refractivity contribution in [1.29, 1.82) is 5.26 Å². The van der Waals surface area contributed by atoms with Gasteiger partial charge in [-0.3, -0.25) is 5.73 Å². The number of amides is 2. The average Bonchev–Trinajstić information content (AvgIpc) is 3.08. The van der Waals surface area contributed by atoms with Crippen LogP contribution in [-0.4, -0.2) is 67.4 Å². The molecule has 14 nitrogen and oxygen atoms in total. The Morgan fingerprint density at radius 1 is 0.909 bits per heavy atom. The standard InChI is InChI=1S/C19H26N6O8/c1-7-32-14(26)12-10(3)24(22-16(28)30-5)19(21)18(12,9-20)13(15(27)33-8-2)11(4)25(19)23-17(29)31-6/h7-8,21H2,1-6H3,(H,22,28)(H,23,29). The summed E-state index contributed by atoms with van der Waals surface area (Å²) in [4.78, 5) is 50.4. The molecule has 0 fully saturated rings. The minimum absolute atomic E-state index is 0.0335. The molecule has 0 saturated heterocycles. The Morgan fingerprint density at radius 2 is 1.27 bits per heavy atom. The summed E-state index contributed by atoms with van der Waals surface area (Å²) in [5.74, 6) is -4.20. The number of esters is 2. The van der Waals surface area contributed by atoms with Crippen molar-refractivity contribution in [1.82, 2.24) is 20.9 Å². The van der Waals surface area contributed by atoms with Gasteiger partial charge in [0.2, 0.25) is 5.79 Å². The molecule has 2 heterocycles. The van der Waals surface area contributed by atoms with Gasteiger partial charge in [0.1, 0.15) is 0 Å². The average molecular weight is 466 g/mol. The number of nitrogens with one attached hydrogen (secondary N) is 2. The van der Waals surface area contributed by atoms with Gasteiger partial charge in [-0.25, -0.2) is 40.0 Å². The third-order valence-electron chi connectivity index (χ3n) is 5.28. The van der Waals surface area contributed by atoms with E-state index in [1.165, 1.54) is 13.8 Å². The second kappa shape index (κ2) is 9.25. The number of nitrogens with zero attached hydrogens (tertiary/aromatic N) is 3. The number of methoxy groups -OCH3 is 2. The lowest BCUT2D eigenvalue weighted by Crippen LogP contribution is -2.74. The molecule has 2 rings (SSSR count). The minimum atomic E-state index is -2.28. The molecule has 0 bridgehead atoms. The highest BCUT2D eigenvalue weighted by molar-refractivity contribution is 6.02. The van der Waals surface area contributed by atoms with Gasteiger partial charge in [0, 0.05) is 11.4 Å². The fraction of sp³-hybridized carbons (Fsp3) is 0.526. The van der Waals surface area contributed by atoms with Crippen LogP contribution in [0, 0.1) is 16.7 Å². The number of allylic oxidation sites excluding steroid dienone is 2. The molecule has 0 atom stereocenters. The van der Waals surface area contributed by atoms with Crippen LogP contribution < -0.4 is 16.6 Å². The molecule has 33 heavy (non-hydrogen) atoms. The molecule has 0 aromatic heterocycles. The minimum Gasteiger partial charge on any atom is -0.463 e. The van der Waals surface area contributed by atoms with E-state index in [-0.39, 0.29) is 35.8 Å². The van der Waals surface area contributed by atoms with Crippen molar-refractivity contribution in [3.63, 3.8) is 0 Å². The van der Waals surface area contributed by atoms with Crippen molar-refractivity contribution in [2.24, 2.45) is 11.1 Å². The van der Waals surface area contributed by atoms with E-state index in [0.29, 0.717) is 0 Å². The Kier molecular flexibility index (Phi) is 7.08. The molecule has 0 radical (unpaired) electrons. The van der Waals surface area contributed by atoms with E-state index in [1.807, 2.05) is 6.07 Å². The molecule has 180 valence electrons. The predicted molar refractivity (Wildman–Crippen MR) is 108 cm³/mol. The van der Waals surface area contributed by atoms with Gasteiger partial charge in [0.25, 0.3) is 0 Å². The first kappa shape index (κ1) is 25.3. The lowest BCUT2D eigenvalue weighted by molar-refractivity contribution is -0.142. The molecule has 0 aromatic carbocycles. The number of hydrazine groups is 2. The van der Waals surface area contributed by atoms with Crippen molar-refractivity contribution >= 4 is 24.1 Å². The quantitative estimate of drug-likeness (QED) is 0.351. The highest BCUT2D eigenvalue weighted by Gasteiger charge is 2.75. The largest absolute Gasteiger partial charge is 0.463 e. The maximum Gasteiger partial charge on any atom is 0.425 e. The second-order valence-corrected chi connectivity index (χ2v) is 6.83. The smallest absolute Gasteiger partial charge is 0.425 e. The number of rotatable bonds is 6. The third kappa shape index (κ3) is 3.46. The van der Waals surface area contributed by atoms with Crippen LogP contribution in [-0.2, 0) is 28.5 Å². The first-order chi connectivity index (χ1) is 15.5. The van der Waals surface area contributed by atoms with Crippen molar-refractivity contribution in [2.45, 2.75) is 33.5 Å². The number of hydrogen-bond donors (Lipinski definition) is 3. The summed E-state index contributed by atoms with van der Waals surface area (Å²) in [6.07, 6.45) is -2.01. The van der Waals surface area contributed by atoms with Crippen molar-refractivity contribution in [3.8, 4) is 6.07 Å². The Hall–Kier alpha value is -3.99. The van der Waals surface area contributed by atoms with E-state index >= 15 is 0 Å². The summed E-state index contributed by atoms with van der Waals surface area (Å²) in [6.45, 7) is 5.75. The first-order valence-electron chi connectivity index (χ1n) is 9.79. The molecular formula is C19H26N6O8. The van der Waals surface area contributed by atoms with Crippen molar-refractivity contribution < 1.29 is 38.1 Å². The zero-order valence-corrected chi connectivity index (χ0v) is 19.1. The molecule has 0 saturated carbocycles. The van der Waals surface area contributed by atoms with Gasteiger partial charge in [-0.05, 0) is 27.7 Å². The van der Waals surface area contributed by atoms with E-state index < -0.39 is 35.3 Å². The molecule has 0 unspecified atom stereocenters. The summed E-state index contributed by atoms with van der Waals surface area (Å²) in [7, 11) is 2.17. The number of hydrogen-bond acceptors (Lipinski definition) is 12. The van der Waals surface area contributed by atoms with Crippen LogP contribution in [0.2, 0.25) is 0 Å². The molecule has 2 amide bonds. The molecule has 0 spiro atoms. The summed E-state index contributed by atoms with van der Waals surface area (Å²) >= 11 is 0. The lowest BCUT2D eigenvalue weighted by atomic mass is 9.72. The fourth-order valence-electron chi connectivity index (χ4n) is 4.02. The van der Waals surface area contributed by atoms with Gasteiger partial charge in [-0.2, -0.15) is 5.26 Å². The monoisotopic (exact) mass is 466 g/mol. The van der Waals surface area contributed by atoms with Gasteiger partial charge >= 0.3 is 24.1 Å². The Morgan fingerprint density at radius 3 is 1.55 bits per heavy atom. The van der Waals surface area contributed by atoms with E-state index in [9.17, 15) is 24.4 Å². The van der Waals surface area contributed by atoms with E-state index in [4.69, 9.17) is 15.2 Å². The number of fused-ring (bicyclic) bond motifs is 1. The molecule has 14 heteroatoms. The number of carbonyl (C=O) groups excluding carboxylic acids is 4. The fourth-order valence-corrected chi connectivity index (χ4v) is 4.02. The van der Waals surface area contributed by atoms with Crippen molar-refractivity contribution in [2.75, 3.05) is 27.4 Å². The Bertz CT molecular complexity index is 917. The van der Waals surface area contributed by atoms with Crippen LogP contribution >= 0.6 is 0 Å². The zero-order chi connectivity index (χ0) is 25.1. The van der Waals surface area contributed by atoms with Crippen LogP contribution in [0.4, 0.5) is 9.59 Å². The van der Waals surface area contributed by atoms with Crippen LogP contribution in [0.15, 0.2) is 22.5 Å². The second-order valence-electron chi connectivity index (χ2n) is 6.83. The topological polar surface area (TPSA) is 186 Å². The van der Waals surface area contributed by atoms with E-state index in [1.54, 1.807) is 13.8 Å². The molecule has 0 aliphatic carbocycles. The SMILES string of the molecule is CCOC(=O)C1=C(C)N(NC(=O)OC)C2(N)N(NC(=O)OC)C(C)=C(C(=O)OCC)C12C#N. The molecule has 2 aliphatic rings. The maximum absolute atomic E-state index is 13.1. The highest BCUT2D eigenvalue weighted by atomic mass is 16.6. The van der Waals surface area contributed by atoms with Crippen molar-refractivity contribution in [3.05, 3.63) is 22.5 Å². The van der Waals surface area contributed by atoms with E-state index in [0.717, 1.165) is 24.2 Å². The van der Waals surface area contributed by atoms with Crippen LogP contribution in [0.1, 0.15) is 27.7 Å². The first-order valence-corrected chi connectivity index (χ1v) is 9.79. The van der Waals surface area contributed by atoms with E-state index in [2.05, 4.69) is 20.3 Å². The molecule has 4 N–H and O–H groups in total. The van der Waals surface area contributed by atoms with Gasteiger partial charge < -0.3 is 18.9 Å². The Labute approximate surface area is 189 Å². The normalized spacial score (nSPS) is 23.6. The summed E-state index contributed by atoms with van der Waals surface area (Å²) < 4.78 is 19.5. The Balaban J connectivity index is 2.95. The number of carbonyl (C=O) groups is 4. The molecular weight excluding hydrogens is 440 g/mol. The van der Waals surface area contributed by atoms with Crippen LogP contribution in [0.25, 0.3) is 0 Å². The van der Waals surface area contributed by atoms with Gasteiger partial charge in [0.15, 0.2) is 5.41 Å². The summed E-state index contributed by atoms with van der Waals surface area (Å²) in [5.41, 5.74) is 8.37. The van der Waals surface area contributed by atoms with Crippen LogP contribution in [0.5, 0.6) is 0 Å².